The van der Waals surface area contributed by atoms with Crippen LogP contribution in [0.3, 0.4) is 0 Å². The third kappa shape index (κ3) is 4.58. The molecule has 146 valence electrons. The van der Waals surface area contributed by atoms with Crippen molar-refractivity contribution in [1.29, 1.82) is 0 Å². The maximum atomic E-state index is 12.7. The van der Waals surface area contributed by atoms with Crippen molar-refractivity contribution < 1.29 is 18.0 Å². The molecule has 1 atom stereocenters. The molecule has 1 aromatic heterocycles. The largest absolute Gasteiger partial charge is 0.435 e. The molecular weight excluding hydrogens is 345 g/mol. The molecule has 1 saturated carbocycles. The van der Waals surface area contributed by atoms with E-state index in [0.717, 1.165) is 18.9 Å². The number of amides is 1. The van der Waals surface area contributed by atoms with Gasteiger partial charge in [-0.3, -0.25) is 14.4 Å². The Balaban J connectivity index is 1.49. The third-order valence-corrected chi connectivity index (χ3v) is 5.65. The summed E-state index contributed by atoms with van der Waals surface area (Å²) in [6.45, 7) is 3.28. The van der Waals surface area contributed by atoms with Crippen molar-refractivity contribution in [3.05, 3.63) is 18.0 Å². The summed E-state index contributed by atoms with van der Waals surface area (Å²) in [5.41, 5.74) is -0.847. The molecule has 8 heteroatoms. The molecule has 1 aliphatic carbocycles. The van der Waals surface area contributed by atoms with Crippen LogP contribution in [0, 0.1) is 0 Å². The molecule has 1 saturated heterocycles. The molecule has 1 aliphatic heterocycles. The van der Waals surface area contributed by atoms with Crippen molar-refractivity contribution in [3.63, 3.8) is 0 Å². The summed E-state index contributed by atoms with van der Waals surface area (Å²) >= 11 is 0. The van der Waals surface area contributed by atoms with Crippen LogP contribution in [0.1, 0.15) is 63.6 Å². The van der Waals surface area contributed by atoms with Gasteiger partial charge in [0.25, 0.3) is 0 Å². The van der Waals surface area contributed by atoms with Crippen LogP contribution in [0.25, 0.3) is 0 Å². The van der Waals surface area contributed by atoms with Crippen LogP contribution >= 0.6 is 0 Å². The van der Waals surface area contributed by atoms with E-state index in [1.54, 1.807) is 0 Å². The zero-order valence-corrected chi connectivity index (χ0v) is 15.1. The van der Waals surface area contributed by atoms with Crippen LogP contribution in [-0.4, -0.2) is 45.8 Å². The van der Waals surface area contributed by atoms with Gasteiger partial charge in [0.05, 0.1) is 12.1 Å². The predicted molar refractivity (Wildman–Crippen MR) is 91.6 cm³/mol. The molecule has 0 bridgehead atoms. The minimum Gasteiger partial charge on any atom is -0.352 e. The Kier molecular flexibility index (Phi) is 5.89. The maximum Gasteiger partial charge on any atom is 0.435 e. The van der Waals surface area contributed by atoms with Crippen molar-refractivity contribution in [2.45, 2.75) is 76.2 Å². The number of hydrogen-bond donors (Lipinski definition) is 1. The lowest BCUT2D eigenvalue weighted by molar-refractivity contribution is -0.141. The minimum atomic E-state index is -4.41. The first-order valence-corrected chi connectivity index (χ1v) is 9.51. The number of hydrogen-bond acceptors (Lipinski definition) is 3. The van der Waals surface area contributed by atoms with Crippen LogP contribution in [0.15, 0.2) is 12.3 Å². The van der Waals surface area contributed by atoms with Gasteiger partial charge in [0.2, 0.25) is 5.91 Å². The molecule has 2 fully saturated rings. The van der Waals surface area contributed by atoms with Gasteiger partial charge < -0.3 is 5.32 Å². The number of carbonyl (C=O) groups excluding carboxylic acids is 1. The van der Waals surface area contributed by atoms with Crippen molar-refractivity contribution in [2.24, 2.45) is 0 Å². The number of nitrogens with one attached hydrogen (secondary N) is 1. The summed E-state index contributed by atoms with van der Waals surface area (Å²) in [6, 6.07) is 1.06. The van der Waals surface area contributed by atoms with E-state index >= 15 is 0 Å². The fraction of sp³-hybridized carbons (Fsp3) is 0.778. The lowest BCUT2D eigenvalue weighted by Crippen LogP contribution is -2.51. The van der Waals surface area contributed by atoms with E-state index < -0.39 is 11.9 Å². The first-order valence-electron chi connectivity index (χ1n) is 9.51. The van der Waals surface area contributed by atoms with Gasteiger partial charge in [-0.1, -0.05) is 19.3 Å². The number of rotatable bonds is 4. The Morgan fingerprint density at radius 2 is 1.85 bits per heavy atom. The van der Waals surface area contributed by atoms with Crippen LogP contribution < -0.4 is 5.32 Å². The van der Waals surface area contributed by atoms with Gasteiger partial charge in [-0.05, 0) is 38.7 Å². The van der Waals surface area contributed by atoms with E-state index in [-0.39, 0.29) is 18.0 Å². The standard InChI is InChI=1S/C18H27F3N4O/c1-13(17(26)22-14-5-3-2-4-6-14)24-10-7-15(8-11-24)25-12-9-16(23-25)18(19,20)21/h9,12-15H,2-8,10-11H2,1H3,(H,22,26). The van der Waals surface area contributed by atoms with Crippen LogP contribution in [-0.2, 0) is 11.0 Å². The van der Waals surface area contributed by atoms with Gasteiger partial charge in [-0.25, -0.2) is 0 Å². The summed E-state index contributed by atoms with van der Waals surface area (Å²) in [6.07, 6.45) is 4.10. The molecule has 5 nitrogen and oxygen atoms in total. The number of carbonyl (C=O) groups is 1. The molecule has 2 aliphatic rings. The van der Waals surface area contributed by atoms with E-state index in [9.17, 15) is 18.0 Å². The predicted octanol–water partition coefficient (Wildman–Crippen LogP) is 3.38. The third-order valence-electron chi connectivity index (χ3n) is 5.65. The molecule has 0 spiro atoms. The van der Waals surface area contributed by atoms with Crippen LogP contribution in [0.2, 0.25) is 0 Å². The second kappa shape index (κ2) is 7.98. The highest BCUT2D eigenvalue weighted by Crippen LogP contribution is 2.30. The van der Waals surface area contributed by atoms with Crippen LogP contribution in [0.5, 0.6) is 0 Å². The first-order chi connectivity index (χ1) is 12.3. The van der Waals surface area contributed by atoms with Gasteiger partial charge >= 0.3 is 6.18 Å². The number of piperidine rings is 1. The van der Waals surface area contributed by atoms with Gasteiger partial charge in [0.1, 0.15) is 0 Å². The number of alkyl halides is 3. The summed E-state index contributed by atoms with van der Waals surface area (Å²) in [7, 11) is 0. The minimum absolute atomic E-state index is 0.0454. The monoisotopic (exact) mass is 372 g/mol. The molecule has 26 heavy (non-hydrogen) atoms. The molecule has 0 aromatic carbocycles. The smallest absolute Gasteiger partial charge is 0.352 e. The van der Waals surface area contributed by atoms with E-state index in [1.807, 2.05) is 6.92 Å². The van der Waals surface area contributed by atoms with Crippen LogP contribution in [0.4, 0.5) is 13.2 Å². The normalized spacial score (nSPS) is 22.3. The van der Waals surface area contributed by atoms with Gasteiger partial charge in [0, 0.05) is 25.3 Å². The summed E-state index contributed by atoms with van der Waals surface area (Å²) in [5, 5.41) is 6.84. The average Bonchev–Trinajstić information content (AvgIpc) is 3.12. The molecule has 0 radical (unpaired) electrons. The molecule has 1 amide bonds. The highest BCUT2D eigenvalue weighted by atomic mass is 19.4. The topological polar surface area (TPSA) is 50.2 Å². The summed E-state index contributed by atoms with van der Waals surface area (Å²) < 4.78 is 39.5. The van der Waals surface area contributed by atoms with Gasteiger partial charge in [-0.2, -0.15) is 18.3 Å². The number of nitrogens with zero attached hydrogens (tertiary/aromatic N) is 3. The molecule has 1 unspecified atom stereocenters. The quantitative estimate of drug-likeness (QED) is 0.882. The van der Waals surface area contributed by atoms with Crippen molar-refractivity contribution in [2.75, 3.05) is 13.1 Å². The highest BCUT2D eigenvalue weighted by Gasteiger charge is 2.35. The molecule has 2 heterocycles. The van der Waals surface area contributed by atoms with Crippen molar-refractivity contribution in [3.8, 4) is 0 Å². The highest BCUT2D eigenvalue weighted by molar-refractivity contribution is 5.81. The van der Waals surface area contributed by atoms with Gasteiger partial charge in [-0.15, -0.1) is 0 Å². The summed E-state index contributed by atoms with van der Waals surface area (Å²) in [4.78, 5) is 14.6. The Morgan fingerprint density at radius 1 is 1.19 bits per heavy atom. The lowest BCUT2D eigenvalue weighted by Gasteiger charge is -2.36. The number of halogens is 3. The van der Waals surface area contributed by atoms with Gasteiger partial charge in [0.15, 0.2) is 5.69 Å². The fourth-order valence-corrected chi connectivity index (χ4v) is 3.96. The Morgan fingerprint density at radius 3 is 2.42 bits per heavy atom. The Bertz CT molecular complexity index is 602. The second-order valence-electron chi connectivity index (χ2n) is 7.47. The second-order valence-corrected chi connectivity index (χ2v) is 7.47. The Hall–Kier alpha value is -1.57. The molecular formula is C18H27F3N4O. The van der Waals surface area contributed by atoms with Crippen molar-refractivity contribution >= 4 is 5.91 Å². The molecule has 1 aromatic rings. The first kappa shape index (κ1) is 19.2. The van der Waals surface area contributed by atoms with E-state index in [1.165, 1.54) is 30.1 Å². The average molecular weight is 372 g/mol. The maximum absolute atomic E-state index is 12.7. The zero-order chi connectivity index (χ0) is 18.7. The Labute approximate surface area is 151 Å². The van der Waals surface area contributed by atoms with E-state index in [0.29, 0.717) is 32.0 Å². The fourth-order valence-electron chi connectivity index (χ4n) is 3.96. The SMILES string of the molecule is CC(C(=O)NC1CCCCC1)N1CCC(n2ccc(C(F)(F)F)n2)CC1. The van der Waals surface area contributed by atoms with E-state index in [4.69, 9.17) is 0 Å². The zero-order valence-electron chi connectivity index (χ0n) is 15.1. The summed E-state index contributed by atoms with van der Waals surface area (Å²) in [5.74, 6) is 0.0637. The number of likely N-dealkylation sites (tertiary alicyclic amines) is 1. The number of aromatic nitrogens is 2. The lowest BCUT2D eigenvalue weighted by atomic mass is 9.95. The van der Waals surface area contributed by atoms with Crippen molar-refractivity contribution in [1.82, 2.24) is 20.0 Å². The molecule has 3 rings (SSSR count). The van der Waals surface area contributed by atoms with E-state index in [2.05, 4.69) is 15.3 Å². The molecule has 1 N–H and O–H groups in total.